The molecule has 1 fully saturated rings. The number of benzene rings is 2. The molecule has 0 spiro atoms. The summed E-state index contributed by atoms with van der Waals surface area (Å²) >= 11 is 1.27. The molecule has 2 aromatic carbocycles. The topological polar surface area (TPSA) is 101 Å². The number of carboxylic acid groups (broad SMARTS) is 1. The number of carbonyl (C=O) groups excluding carboxylic acids is 2. The third-order valence-corrected chi connectivity index (χ3v) is 7.10. The summed E-state index contributed by atoms with van der Waals surface area (Å²) in [6.45, 7) is 7.80. The second kappa shape index (κ2) is 10.5. The van der Waals surface area contributed by atoms with Gasteiger partial charge in [0.15, 0.2) is 5.17 Å². The second-order valence-corrected chi connectivity index (χ2v) is 9.62. The molecule has 0 atom stereocenters. The molecule has 9 heteroatoms. The van der Waals surface area contributed by atoms with Crippen molar-refractivity contribution in [3.05, 3.63) is 87.1 Å². The lowest BCUT2D eigenvalue weighted by Crippen LogP contribution is -2.23. The molecule has 2 heterocycles. The van der Waals surface area contributed by atoms with E-state index in [9.17, 15) is 19.5 Å². The molecule has 0 saturated carbocycles. The van der Waals surface area contributed by atoms with Crippen molar-refractivity contribution >= 4 is 46.5 Å². The number of aromatic carboxylic acids is 1. The van der Waals surface area contributed by atoms with Gasteiger partial charge in [0.25, 0.3) is 5.91 Å². The maximum absolute atomic E-state index is 13.0. The highest BCUT2D eigenvalue weighted by Crippen LogP contribution is 2.35. The summed E-state index contributed by atoms with van der Waals surface area (Å²) in [7, 11) is 1.67. The number of esters is 1. The Balaban J connectivity index is 1.65. The first kappa shape index (κ1) is 26.0. The highest BCUT2D eigenvalue weighted by Gasteiger charge is 2.31. The second-order valence-electron chi connectivity index (χ2n) is 8.61. The molecule has 1 N–H and O–H groups in total. The Labute approximate surface area is 219 Å². The standard InChI is InChI=1S/C28H27N3O5S/c1-6-36-27(35)20-8-7-9-22(14-20)31-17(3)13-21(18(31)4)15-24-25(32)30(5)28(37-24)29-23-11-10-19(26(33)34)12-16(23)2/h7-15H,6H2,1-5H3,(H,33,34)/b24-15-,29-28?. The van der Waals surface area contributed by atoms with Gasteiger partial charge in [0, 0.05) is 24.1 Å². The molecule has 1 aromatic heterocycles. The van der Waals surface area contributed by atoms with Gasteiger partial charge in [0.1, 0.15) is 0 Å². The first-order chi connectivity index (χ1) is 17.6. The number of carbonyl (C=O) groups is 3. The Morgan fingerprint density at radius 1 is 1.08 bits per heavy atom. The Morgan fingerprint density at radius 2 is 1.84 bits per heavy atom. The van der Waals surface area contributed by atoms with Crippen LogP contribution >= 0.6 is 11.8 Å². The monoisotopic (exact) mass is 517 g/mol. The summed E-state index contributed by atoms with van der Waals surface area (Å²) in [4.78, 5) is 43.1. The lowest BCUT2D eigenvalue weighted by Gasteiger charge is -2.11. The number of hydrogen-bond acceptors (Lipinski definition) is 6. The van der Waals surface area contributed by atoms with Gasteiger partial charge in [0.2, 0.25) is 0 Å². The van der Waals surface area contributed by atoms with E-state index in [0.29, 0.717) is 33.5 Å². The number of thioether (sulfide) groups is 1. The minimum Gasteiger partial charge on any atom is -0.478 e. The normalized spacial score (nSPS) is 15.6. The number of aryl methyl sites for hydroxylation is 2. The Kier molecular flexibility index (Phi) is 7.35. The summed E-state index contributed by atoms with van der Waals surface area (Å²) in [5.74, 6) is -1.54. The minimum absolute atomic E-state index is 0.169. The van der Waals surface area contributed by atoms with Crippen molar-refractivity contribution in [1.29, 1.82) is 0 Å². The van der Waals surface area contributed by atoms with Gasteiger partial charge in [0.05, 0.1) is 28.3 Å². The van der Waals surface area contributed by atoms with Crippen LogP contribution in [0.2, 0.25) is 0 Å². The number of aromatic nitrogens is 1. The highest BCUT2D eigenvalue weighted by molar-refractivity contribution is 8.18. The number of amidine groups is 1. The Morgan fingerprint density at radius 3 is 2.51 bits per heavy atom. The molecule has 190 valence electrons. The van der Waals surface area contributed by atoms with Crippen LogP contribution in [0.4, 0.5) is 5.69 Å². The number of hydrogen-bond donors (Lipinski definition) is 1. The predicted octanol–water partition coefficient (Wildman–Crippen LogP) is 5.51. The van der Waals surface area contributed by atoms with Crippen LogP contribution in [0.5, 0.6) is 0 Å². The fourth-order valence-corrected chi connectivity index (χ4v) is 5.10. The Bertz CT molecular complexity index is 1480. The number of nitrogens with zero attached hydrogens (tertiary/aromatic N) is 3. The van der Waals surface area contributed by atoms with Crippen molar-refractivity contribution in [1.82, 2.24) is 9.47 Å². The number of rotatable bonds is 6. The quantitative estimate of drug-likeness (QED) is 0.342. The van der Waals surface area contributed by atoms with E-state index in [2.05, 4.69) is 4.99 Å². The zero-order valence-corrected chi connectivity index (χ0v) is 22.0. The van der Waals surface area contributed by atoms with Crippen LogP contribution in [0.1, 0.15) is 50.2 Å². The highest BCUT2D eigenvalue weighted by atomic mass is 32.2. The van der Waals surface area contributed by atoms with Crippen molar-refractivity contribution < 1.29 is 24.2 Å². The zero-order valence-electron chi connectivity index (χ0n) is 21.2. The van der Waals surface area contributed by atoms with Gasteiger partial charge in [-0.05, 0) is 99.1 Å². The fourth-order valence-electron chi connectivity index (χ4n) is 4.13. The molecular formula is C28H27N3O5S. The van der Waals surface area contributed by atoms with Gasteiger partial charge < -0.3 is 14.4 Å². The van der Waals surface area contributed by atoms with Gasteiger partial charge in [-0.1, -0.05) is 6.07 Å². The van der Waals surface area contributed by atoms with E-state index in [0.717, 1.165) is 22.6 Å². The lowest BCUT2D eigenvalue weighted by molar-refractivity contribution is -0.121. The number of carboxylic acids is 1. The van der Waals surface area contributed by atoms with Crippen molar-refractivity contribution in [3.8, 4) is 5.69 Å². The van der Waals surface area contributed by atoms with Crippen molar-refractivity contribution in [2.75, 3.05) is 13.7 Å². The van der Waals surface area contributed by atoms with E-state index < -0.39 is 5.97 Å². The van der Waals surface area contributed by atoms with Gasteiger partial charge >= 0.3 is 11.9 Å². The smallest absolute Gasteiger partial charge is 0.338 e. The van der Waals surface area contributed by atoms with E-state index in [-0.39, 0.29) is 17.4 Å². The maximum Gasteiger partial charge on any atom is 0.338 e. The van der Waals surface area contributed by atoms with Crippen LogP contribution in [0, 0.1) is 20.8 Å². The van der Waals surface area contributed by atoms with E-state index >= 15 is 0 Å². The van der Waals surface area contributed by atoms with E-state index in [4.69, 9.17) is 4.74 Å². The molecule has 1 amide bonds. The minimum atomic E-state index is -1.000. The average Bonchev–Trinajstić information content (AvgIpc) is 3.29. The zero-order chi connectivity index (χ0) is 26.9. The van der Waals surface area contributed by atoms with Crippen molar-refractivity contribution in [2.24, 2.45) is 4.99 Å². The third kappa shape index (κ3) is 5.22. The molecule has 0 radical (unpaired) electrons. The largest absolute Gasteiger partial charge is 0.478 e. The van der Waals surface area contributed by atoms with Crippen molar-refractivity contribution in [2.45, 2.75) is 27.7 Å². The first-order valence-corrected chi connectivity index (χ1v) is 12.5. The predicted molar refractivity (Wildman–Crippen MR) is 145 cm³/mol. The molecule has 1 saturated heterocycles. The molecule has 0 aliphatic carbocycles. The molecule has 0 unspecified atom stereocenters. The molecular weight excluding hydrogens is 490 g/mol. The molecule has 1 aliphatic heterocycles. The van der Waals surface area contributed by atoms with Crippen LogP contribution in [0.3, 0.4) is 0 Å². The molecule has 0 bridgehead atoms. The fraction of sp³-hybridized carbons (Fsp3) is 0.214. The van der Waals surface area contributed by atoms with E-state index in [1.807, 2.05) is 42.7 Å². The third-order valence-electron chi connectivity index (χ3n) is 6.04. The SMILES string of the molecule is CCOC(=O)c1cccc(-n2c(C)cc(/C=C3\SC(=Nc4ccc(C(=O)O)cc4C)N(C)C3=O)c2C)c1. The summed E-state index contributed by atoms with van der Waals surface area (Å²) in [5.41, 5.74) is 5.57. The summed E-state index contributed by atoms with van der Waals surface area (Å²) in [5, 5.41) is 9.70. The summed E-state index contributed by atoms with van der Waals surface area (Å²) in [6, 6.07) is 14.0. The van der Waals surface area contributed by atoms with Gasteiger partial charge in [-0.25, -0.2) is 14.6 Å². The van der Waals surface area contributed by atoms with E-state index in [1.54, 1.807) is 45.2 Å². The number of likely N-dealkylation sites (N-methyl/N-ethyl adjacent to an activating group) is 1. The van der Waals surface area contributed by atoms with Crippen LogP contribution in [0.15, 0.2) is 58.4 Å². The van der Waals surface area contributed by atoms with E-state index in [1.165, 1.54) is 22.7 Å². The van der Waals surface area contributed by atoms with Crippen molar-refractivity contribution in [3.63, 3.8) is 0 Å². The first-order valence-electron chi connectivity index (χ1n) is 11.7. The Hall–Kier alpha value is -4.11. The molecule has 8 nitrogen and oxygen atoms in total. The molecule has 37 heavy (non-hydrogen) atoms. The number of aliphatic imine (C=N–C) groups is 1. The lowest BCUT2D eigenvalue weighted by atomic mass is 10.1. The van der Waals surface area contributed by atoms with Crippen LogP contribution < -0.4 is 0 Å². The number of ether oxygens (including phenoxy) is 1. The molecule has 3 aromatic rings. The van der Waals surface area contributed by atoms with Gasteiger partial charge in [-0.3, -0.25) is 9.69 Å². The maximum atomic E-state index is 13.0. The van der Waals surface area contributed by atoms with Gasteiger partial charge in [-0.2, -0.15) is 0 Å². The molecule has 1 aliphatic rings. The van der Waals surface area contributed by atoms with Gasteiger partial charge in [-0.15, -0.1) is 0 Å². The number of amides is 1. The average molecular weight is 518 g/mol. The van der Waals surface area contributed by atoms with Crippen LogP contribution in [0.25, 0.3) is 11.8 Å². The summed E-state index contributed by atoms with van der Waals surface area (Å²) in [6.07, 6.45) is 1.85. The van der Waals surface area contributed by atoms with Crippen LogP contribution in [-0.2, 0) is 9.53 Å². The molecule has 4 rings (SSSR count). The summed E-state index contributed by atoms with van der Waals surface area (Å²) < 4.78 is 7.16. The van der Waals surface area contributed by atoms with Crippen LogP contribution in [-0.4, -0.2) is 51.2 Å².